The Morgan fingerprint density at radius 1 is 1.50 bits per heavy atom. The van der Waals surface area contributed by atoms with Crippen LogP contribution in [0.25, 0.3) is 0 Å². The third-order valence-corrected chi connectivity index (χ3v) is 1.48. The van der Waals surface area contributed by atoms with E-state index in [-0.39, 0.29) is 5.95 Å². The Morgan fingerprint density at radius 3 is 3.07 bits per heavy atom. The van der Waals surface area contributed by atoms with E-state index in [1.54, 1.807) is 18.6 Å². The number of rotatable bonds is 2. The fourth-order valence-electron chi connectivity index (χ4n) is 0.845. The summed E-state index contributed by atoms with van der Waals surface area (Å²) < 4.78 is 0. The molecular formula is C7H7N7. The maximum Gasteiger partial charge on any atom is 0.263 e. The first-order valence-electron chi connectivity index (χ1n) is 3.84. The lowest BCUT2D eigenvalue weighted by Crippen LogP contribution is -1.99. The van der Waals surface area contributed by atoms with Gasteiger partial charge in [-0.05, 0) is 16.5 Å². The predicted octanol–water partition coefficient (Wildman–Crippen LogP) is -0.468. The minimum Gasteiger partial charge on any atom is -0.365 e. The molecule has 0 saturated carbocycles. The number of nitrogens with two attached hydrogens (primary N) is 1. The standard InChI is InChI=1S/C7H7N7/c8-7-11-12-13-14(7)10-5-6-2-1-3-9-4-6/h1-5H,(H2,8,11,13). The van der Waals surface area contributed by atoms with E-state index in [0.717, 1.165) is 10.4 Å². The lowest BCUT2D eigenvalue weighted by molar-refractivity contribution is 0.699. The van der Waals surface area contributed by atoms with Crippen LogP contribution in [-0.2, 0) is 0 Å². The fourth-order valence-corrected chi connectivity index (χ4v) is 0.845. The van der Waals surface area contributed by atoms with Gasteiger partial charge >= 0.3 is 0 Å². The van der Waals surface area contributed by atoms with Gasteiger partial charge < -0.3 is 5.73 Å². The van der Waals surface area contributed by atoms with Crippen molar-refractivity contribution in [3.05, 3.63) is 30.1 Å². The molecule has 2 aromatic heterocycles. The molecule has 0 aliphatic rings. The van der Waals surface area contributed by atoms with Gasteiger partial charge in [0.05, 0.1) is 6.21 Å². The van der Waals surface area contributed by atoms with Gasteiger partial charge in [0.25, 0.3) is 5.95 Å². The summed E-state index contributed by atoms with van der Waals surface area (Å²) in [4.78, 5) is 5.06. The topological polar surface area (TPSA) is 94.9 Å². The molecule has 2 rings (SSSR count). The van der Waals surface area contributed by atoms with Crippen molar-refractivity contribution in [3.63, 3.8) is 0 Å². The minimum atomic E-state index is 0.144. The predicted molar refractivity (Wildman–Crippen MR) is 49.5 cm³/mol. The van der Waals surface area contributed by atoms with E-state index >= 15 is 0 Å². The van der Waals surface area contributed by atoms with Crippen LogP contribution in [0.3, 0.4) is 0 Å². The zero-order chi connectivity index (χ0) is 9.80. The summed E-state index contributed by atoms with van der Waals surface area (Å²) in [5.74, 6) is 0.144. The smallest absolute Gasteiger partial charge is 0.263 e. The Balaban J connectivity index is 2.20. The summed E-state index contributed by atoms with van der Waals surface area (Å²) >= 11 is 0. The SMILES string of the molecule is Nc1nnnn1N=Cc1cccnc1. The van der Waals surface area contributed by atoms with Crippen LogP contribution in [0.2, 0.25) is 0 Å². The molecule has 0 aromatic carbocycles. The van der Waals surface area contributed by atoms with Gasteiger partial charge in [0.1, 0.15) is 0 Å². The summed E-state index contributed by atoms with van der Waals surface area (Å²) in [5.41, 5.74) is 6.25. The highest BCUT2D eigenvalue weighted by Gasteiger charge is 1.95. The number of hydrogen-bond donors (Lipinski definition) is 1. The van der Waals surface area contributed by atoms with Gasteiger partial charge in [-0.2, -0.15) is 5.10 Å². The highest BCUT2D eigenvalue weighted by atomic mass is 15.7. The zero-order valence-electron chi connectivity index (χ0n) is 7.15. The van der Waals surface area contributed by atoms with Crippen molar-refractivity contribution in [3.8, 4) is 0 Å². The summed E-state index contributed by atoms with van der Waals surface area (Å²) in [6.07, 6.45) is 4.92. The van der Waals surface area contributed by atoms with Gasteiger partial charge in [0, 0.05) is 18.0 Å². The largest absolute Gasteiger partial charge is 0.365 e. The first-order chi connectivity index (χ1) is 6.86. The van der Waals surface area contributed by atoms with Crippen LogP contribution in [0.4, 0.5) is 5.95 Å². The lowest BCUT2D eigenvalue weighted by Gasteiger charge is -1.91. The summed E-state index contributed by atoms with van der Waals surface area (Å²) in [7, 11) is 0. The number of nitrogens with zero attached hydrogens (tertiary/aromatic N) is 6. The second kappa shape index (κ2) is 3.60. The molecule has 0 aliphatic heterocycles. The molecule has 70 valence electrons. The Bertz CT molecular complexity index is 432. The molecule has 7 nitrogen and oxygen atoms in total. The monoisotopic (exact) mass is 189 g/mol. The van der Waals surface area contributed by atoms with Crippen molar-refractivity contribution in [2.75, 3.05) is 5.73 Å². The molecule has 0 saturated heterocycles. The number of tetrazole rings is 1. The van der Waals surface area contributed by atoms with Gasteiger partial charge in [-0.1, -0.05) is 16.0 Å². The molecule has 2 heterocycles. The second-order valence-corrected chi connectivity index (χ2v) is 2.46. The van der Waals surface area contributed by atoms with Crippen LogP contribution < -0.4 is 5.73 Å². The maximum atomic E-state index is 5.40. The molecule has 0 radical (unpaired) electrons. The normalized spacial score (nSPS) is 10.9. The zero-order valence-corrected chi connectivity index (χ0v) is 7.15. The third kappa shape index (κ3) is 1.71. The number of anilines is 1. The highest BCUT2D eigenvalue weighted by molar-refractivity contribution is 5.78. The molecular weight excluding hydrogens is 182 g/mol. The van der Waals surface area contributed by atoms with E-state index in [2.05, 4.69) is 25.6 Å². The number of nitrogen functional groups attached to an aromatic ring is 1. The molecule has 2 aromatic rings. The van der Waals surface area contributed by atoms with Crippen LogP contribution in [0, 0.1) is 0 Å². The van der Waals surface area contributed by atoms with Crippen molar-refractivity contribution >= 4 is 12.2 Å². The van der Waals surface area contributed by atoms with Crippen LogP contribution in [0.1, 0.15) is 5.56 Å². The van der Waals surface area contributed by atoms with Crippen molar-refractivity contribution in [1.29, 1.82) is 0 Å². The molecule has 2 N–H and O–H groups in total. The van der Waals surface area contributed by atoms with Crippen LogP contribution >= 0.6 is 0 Å². The molecule has 0 amide bonds. The van der Waals surface area contributed by atoms with Crippen LogP contribution in [-0.4, -0.2) is 31.5 Å². The van der Waals surface area contributed by atoms with E-state index in [4.69, 9.17) is 5.73 Å². The molecule has 0 bridgehead atoms. The van der Waals surface area contributed by atoms with Crippen LogP contribution in [0.15, 0.2) is 29.6 Å². The summed E-state index contributed by atoms with van der Waals surface area (Å²) in [5, 5.41) is 14.3. The Morgan fingerprint density at radius 2 is 2.43 bits per heavy atom. The Hall–Kier alpha value is -2.31. The number of hydrogen-bond acceptors (Lipinski definition) is 6. The Labute approximate surface area is 79.3 Å². The van der Waals surface area contributed by atoms with Crippen molar-refractivity contribution in [1.82, 2.24) is 25.3 Å². The van der Waals surface area contributed by atoms with Gasteiger partial charge in [0.15, 0.2) is 0 Å². The quantitative estimate of drug-likeness (QED) is 0.644. The average molecular weight is 189 g/mol. The van der Waals surface area contributed by atoms with Gasteiger partial charge in [-0.25, -0.2) is 0 Å². The number of pyridine rings is 1. The highest BCUT2D eigenvalue weighted by Crippen LogP contribution is 1.93. The van der Waals surface area contributed by atoms with E-state index in [1.807, 2.05) is 12.1 Å². The molecule has 7 heteroatoms. The maximum absolute atomic E-state index is 5.40. The second-order valence-electron chi connectivity index (χ2n) is 2.46. The van der Waals surface area contributed by atoms with E-state index in [1.165, 1.54) is 0 Å². The molecule has 0 spiro atoms. The molecule has 0 atom stereocenters. The first kappa shape index (κ1) is 8.30. The van der Waals surface area contributed by atoms with E-state index < -0.39 is 0 Å². The van der Waals surface area contributed by atoms with Crippen molar-refractivity contribution < 1.29 is 0 Å². The molecule has 0 aliphatic carbocycles. The third-order valence-electron chi connectivity index (χ3n) is 1.48. The molecule has 0 unspecified atom stereocenters. The Kier molecular flexibility index (Phi) is 2.14. The van der Waals surface area contributed by atoms with Crippen LogP contribution in [0.5, 0.6) is 0 Å². The van der Waals surface area contributed by atoms with Gasteiger partial charge in [-0.3, -0.25) is 4.98 Å². The molecule has 14 heavy (non-hydrogen) atoms. The fraction of sp³-hybridized carbons (Fsp3) is 0. The first-order valence-corrected chi connectivity index (χ1v) is 3.84. The average Bonchev–Trinajstić information content (AvgIpc) is 2.63. The lowest BCUT2D eigenvalue weighted by atomic mass is 10.3. The van der Waals surface area contributed by atoms with E-state index in [0.29, 0.717) is 0 Å². The van der Waals surface area contributed by atoms with Crippen molar-refractivity contribution in [2.24, 2.45) is 5.10 Å². The minimum absolute atomic E-state index is 0.144. The summed E-state index contributed by atoms with van der Waals surface area (Å²) in [6.45, 7) is 0. The van der Waals surface area contributed by atoms with Gasteiger partial charge in [0.2, 0.25) is 0 Å². The molecule has 0 fully saturated rings. The number of aromatic nitrogens is 5. The van der Waals surface area contributed by atoms with E-state index in [9.17, 15) is 0 Å². The summed E-state index contributed by atoms with van der Waals surface area (Å²) in [6, 6.07) is 3.67. The van der Waals surface area contributed by atoms with Crippen molar-refractivity contribution in [2.45, 2.75) is 0 Å². The van der Waals surface area contributed by atoms with Gasteiger partial charge in [-0.15, -0.1) is 0 Å².